The molecule has 0 saturated heterocycles. The molecule has 0 aromatic rings. The van der Waals surface area contributed by atoms with E-state index in [0.29, 0.717) is 6.42 Å². The van der Waals surface area contributed by atoms with E-state index in [1.165, 1.54) is 0 Å². The standard InChI is InChI=1S/C8H15F2/c1-2-8(7-10)5-3-4-6-9/h7-8H,2-6H2,1H3. The van der Waals surface area contributed by atoms with Gasteiger partial charge < -0.3 is 0 Å². The van der Waals surface area contributed by atoms with Crippen LogP contribution in [-0.2, 0) is 0 Å². The first-order valence-corrected chi connectivity index (χ1v) is 3.84. The van der Waals surface area contributed by atoms with Crippen LogP contribution in [0.25, 0.3) is 0 Å². The van der Waals surface area contributed by atoms with E-state index in [1.54, 1.807) is 0 Å². The zero-order valence-corrected chi connectivity index (χ0v) is 6.45. The van der Waals surface area contributed by atoms with Crippen LogP contribution >= 0.6 is 0 Å². The van der Waals surface area contributed by atoms with Crippen LogP contribution in [0.2, 0.25) is 0 Å². The molecule has 1 radical (unpaired) electrons. The maximum Gasteiger partial charge on any atom is 0.134 e. The first-order valence-electron chi connectivity index (χ1n) is 3.84. The van der Waals surface area contributed by atoms with Crippen LogP contribution in [0.15, 0.2) is 0 Å². The van der Waals surface area contributed by atoms with E-state index in [-0.39, 0.29) is 12.6 Å². The summed E-state index contributed by atoms with van der Waals surface area (Å²) in [5.74, 6) is 0.0477. The molecule has 0 aliphatic carbocycles. The molecule has 0 saturated carbocycles. The normalized spacial score (nSPS) is 13.5. The van der Waals surface area contributed by atoms with Gasteiger partial charge >= 0.3 is 0 Å². The number of halogens is 2. The van der Waals surface area contributed by atoms with Crippen molar-refractivity contribution < 1.29 is 8.78 Å². The highest BCUT2D eigenvalue weighted by Crippen LogP contribution is 2.15. The molecule has 1 unspecified atom stereocenters. The second kappa shape index (κ2) is 6.97. The lowest BCUT2D eigenvalue weighted by molar-refractivity contribution is 0.384. The van der Waals surface area contributed by atoms with Crippen LogP contribution in [0.5, 0.6) is 0 Å². The predicted octanol–water partition coefficient (Wildman–Crippen LogP) is 3.28. The highest BCUT2D eigenvalue weighted by atomic mass is 19.1. The summed E-state index contributed by atoms with van der Waals surface area (Å²) < 4.78 is 23.4. The fraction of sp³-hybridized carbons (Fsp3) is 0.875. The Morgan fingerprint density at radius 1 is 1.40 bits per heavy atom. The van der Waals surface area contributed by atoms with Crippen molar-refractivity contribution in [1.82, 2.24) is 0 Å². The Balaban J connectivity index is 3.09. The third-order valence-corrected chi connectivity index (χ3v) is 1.66. The van der Waals surface area contributed by atoms with Gasteiger partial charge in [-0.1, -0.05) is 19.8 Å². The fourth-order valence-electron chi connectivity index (χ4n) is 0.857. The second-order valence-corrected chi connectivity index (χ2v) is 2.48. The van der Waals surface area contributed by atoms with Crippen molar-refractivity contribution in [2.45, 2.75) is 32.6 Å². The quantitative estimate of drug-likeness (QED) is 0.508. The van der Waals surface area contributed by atoms with Gasteiger partial charge in [0, 0.05) is 0 Å². The third-order valence-electron chi connectivity index (χ3n) is 1.66. The molecule has 0 aliphatic heterocycles. The first-order chi connectivity index (χ1) is 4.85. The minimum atomic E-state index is -0.275. The van der Waals surface area contributed by atoms with Gasteiger partial charge in [0.2, 0.25) is 0 Å². The smallest absolute Gasteiger partial charge is 0.134 e. The summed E-state index contributed by atoms with van der Waals surface area (Å²) in [6.07, 6.45) is 2.99. The van der Waals surface area contributed by atoms with Crippen molar-refractivity contribution in [2.75, 3.05) is 6.67 Å². The summed E-state index contributed by atoms with van der Waals surface area (Å²) in [7, 11) is 0. The lowest BCUT2D eigenvalue weighted by Crippen LogP contribution is -1.96. The zero-order chi connectivity index (χ0) is 7.82. The molecule has 0 rings (SSSR count). The zero-order valence-electron chi connectivity index (χ0n) is 6.45. The molecule has 0 amide bonds. The van der Waals surface area contributed by atoms with Gasteiger partial charge in [-0.3, -0.25) is 4.39 Å². The van der Waals surface area contributed by atoms with Crippen molar-refractivity contribution in [3.63, 3.8) is 0 Å². The molecular formula is C8H15F2. The molecule has 1 atom stereocenters. The number of hydrogen-bond acceptors (Lipinski definition) is 0. The van der Waals surface area contributed by atoms with Crippen LogP contribution in [-0.4, -0.2) is 6.67 Å². The molecule has 10 heavy (non-hydrogen) atoms. The summed E-state index contributed by atoms with van der Waals surface area (Å²) >= 11 is 0. The molecule has 0 spiro atoms. The SMILES string of the molecule is CCC([CH]F)CCCCF. The number of rotatable bonds is 6. The van der Waals surface area contributed by atoms with E-state index in [1.807, 2.05) is 6.92 Å². The number of unbranched alkanes of at least 4 members (excludes halogenated alkanes) is 1. The molecule has 61 valence electrons. The van der Waals surface area contributed by atoms with E-state index in [0.717, 1.165) is 25.9 Å². The average molecular weight is 149 g/mol. The Hall–Kier alpha value is -0.140. The number of hydrogen-bond donors (Lipinski definition) is 0. The van der Waals surface area contributed by atoms with Gasteiger partial charge in [-0.2, -0.15) is 0 Å². The average Bonchev–Trinajstić information content (AvgIpc) is 1.99. The molecule has 0 N–H and O–H groups in total. The fourth-order valence-corrected chi connectivity index (χ4v) is 0.857. The van der Waals surface area contributed by atoms with Gasteiger partial charge in [-0.15, -0.1) is 0 Å². The van der Waals surface area contributed by atoms with Gasteiger partial charge in [0.25, 0.3) is 0 Å². The van der Waals surface area contributed by atoms with Crippen LogP contribution in [0, 0.1) is 12.6 Å². The van der Waals surface area contributed by atoms with E-state index in [4.69, 9.17) is 0 Å². The first kappa shape index (κ1) is 9.86. The Morgan fingerprint density at radius 2 is 2.10 bits per heavy atom. The maximum absolute atomic E-state index is 11.9. The van der Waals surface area contributed by atoms with Gasteiger partial charge in [0.15, 0.2) is 0 Å². The largest absolute Gasteiger partial charge is 0.251 e. The Bertz CT molecular complexity index is 60.3. The van der Waals surface area contributed by atoms with Crippen LogP contribution in [0.4, 0.5) is 8.78 Å². The third kappa shape index (κ3) is 4.71. The molecular weight excluding hydrogens is 134 g/mol. The Labute approximate surface area is 61.6 Å². The molecule has 0 heterocycles. The lowest BCUT2D eigenvalue weighted by Gasteiger charge is -2.07. The van der Waals surface area contributed by atoms with Gasteiger partial charge in [-0.25, -0.2) is 4.39 Å². The van der Waals surface area contributed by atoms with Crippen molar-refractivity contribution in [3.05, 3.63) is 6.67 Å². The second-order valence-electron chi connectivity index (χ2n) is 2.48. The minimum absolute atomic E-state index is 0.0477. The monoisotopic (exact) mass is 149 g/mol. The van der Waals surface area contributed by atoms with E-state index in [9.17, 15) is 8.78 Å². The molecule has 0 aliphatic rings. The molecule has 0 aromatic carbocycles. The van der Waals surface area contributed by atoms with E-state index < -0.39 is 0 Å². The summed E-state index contributed by atoms with van der Waals surface area (Å²) in [5, 5.41) is 0. The highest BCUT2D eigenvalue weighted by Gasteiger charge is 2.04. The van der Waals surface area contributed by atoms with Crippen molar-refractivity contribution >= 4 is 0 Å². The van der Waals surface area contributed by atoms with Gasteiger partial charge in [-0.05, 0) is 18.8 Å². The lowest BCUT2D eigenvalue weighted by atomic mass is 10.0. The van der Waals surface area contributed by atoms with E-state index in [2.05, 4.69) is 0 Å². The van der Waals surface area contributed by atoms with Gasteiger partial charge in [0.05, 0.1) is 6.67 Å². The maximum atomic E-state index is 11.9. The van der Waals surface area contributed by atoms with Crippen LogP contribution in [0.1, 0.15) is 32.6 Å². The molecule has 2 heteroatoms. The molecule has 0 nitrogen and oxygen atoms in total. The Kier molecular flexibility index (Phi) is 6.88. The summed E-state index contributed by atoms with van der Waals surface area (Å²) in [5.41, 5.74) is 0. The van der Waals surface area contributed by atoms with Crippen molar-refractivity contribution in [3.8, 4) is 0 Å². The molecule has 0 aromatic heterocycles. The summed E-state index contributed by atoms with van der Waals surface area (Å²) in [6.45, 7) is 2.39. The predicted molar refractivity (Wildman–Crippen MR) is 39.0 cm³/mol. The Morgan fingerprint density at radius 3 is 2.50 bits per heavy atom. The van der Waals surface area contributed by atoms with Crippen LogP contribution < -0.4 is 0 Å². The van der Waals surface area contributed by atoms with Gasteiger partial charge in [0.1, 0.15) is 6.67 Å². The van der Waals surface area contributed by atoms with Crippen LogP contribution in [0.3, 0.4) is 0 Å². The number of alkyl halides is 1. The topological polar surface area (TPSA) is 0 Å². The van der Waals surface area contributed by atoms with Crippen molar-refractivity contribution in [2.24, 2.45) is 5.92 Å². The van der Waals surface area contributed by atoms with Crippen molar-refractivity contribution in [1.29, 1.82) is 0 Å². The molecule has 0 fully saturated rings. The summed E-state index contributed by atoms with van der Waals surface area (Å²) in [4.78, 5) is 0. The highest BCUT2D eigenvalue weighted by molar-refractivity contribution is 4.64. The minimum Gasteiger partial charge on any atom is -0.251 e. The molecule has 0 bridgehead atoms. The summed E-state index contributed by atoms with van der Waals surface area (Å²) in [6, 6.07) is 0. The van der Waals surface area contributed by atoms with E-state index >= 15 is 0 Å².